The van der Waals surface area contributed by atoms with Crippen molar-refractivity contribution in [2.45, 2.75) is 19.4 Å². The van der Waals surface area contributed by atoms with Crippen LogP contribution in [0, 0.1) is 0 Å². The largest absolute Gasteiger partial charge is 0.497 e. The van der Waals surface area contributed by atoms with E-state index in [4.69, 9.17) is 13.9 Å². The number of thiophene rings is 1. The fraction of sp³-hybridized carbons (Fsp3) is 0.182. The van der Waals surface area contributed by atoms with Gasteiger partial charge in [-0.1, -0.05) is 30.3 Å². The molecular weight excluding hydrogens is 374 g/mol. The first-order valence-electron chi connectivity index (χ1n) is 8.86. The van der Waals surface area contributed by atoms with Crippen LogP contribution < -0.4 is 4.74 Å². The zero-order chi connectivity index (χ0) is 19.5. The Bertz CT molecular complexity index is 1100. The van der Waals surface area contributed by atoms with Gasteiger partial charge in [0, 0.05) is 0 Å². The Balaban J connectivity index is 1.42. The number of carbonyl (C=O) groups is 1. The SMILES string of the molecule is COc1ccc2cc([C@H](C)C(=O)OCc3coc(-c4cccs4)n3)ccc2c1. The van der Waals surface area contributed by atoms with E-state index in [1.165, 1.54) is 6.26 Å². The Morgan fingerprint density at radius 1 is 1.18 bits per heavy atom. The lowest BCUT2D eigenvalue weighted by atomic mass is 9.98. The summed E-state index contributed by atoms with van der Waals surface area (Å²) in [5.41, 5.74) is 1.50. The summed E-state index contributed by atoms with van der Waals surface area (Å²) in [7, 11) is 1.64. The molecule has 6 heteroatoms. The lowest BCUT2D eigenvalue weighted by molar-refractivity contribution is -0.146. The van der Waals surface area contributed by atoms with Gasteiger partial charge in [-0.2, -0.15) is 0 Å². The number of hydrogen-bond donors (Lipinski definition) is 0. The summed E-state index contributed by atoms with van der Waals surface area (Å²) in [6.07, 6.45) is 1.52. The molecule has 0 aliphatic carbocycles. The van der Waals surface area contributed by atoms with Crippen LogP contribution in [0.3, 0.4) is 0 Å². The second-order valence-electron chi connectivity index (χ2n) is 6.42. The molecule has 0 N–H and O–H groups in total. The van der Waals surface area contributed by atoms with Crippen molar-refractivity contribution in [3.8, 4) is 16.5 Å². The average molecular weight is 393 g/mol. The molecule has 0 fully saturated rings. The molecule has 0 radical (unpaired) electrons. The molecule has 2 heterocycles. The molecule has 0 aliphatic rings. The normalized spacial score (nSPS) is 12.1. The molecule has 0 saturated heterocycles. The summed E-state index contributed by atoms with van der Waals surface area (Å²) in [5.74, 6) is 0.671. The van der Waals surface area contributed by atoms with Crippen molar-refractivity contribution in [2.24, 2.45) is 0 Å². The molecule has 142 valence electrons. The van der Waals surface area contributed by atoms with Crippen LogP contribution >= 0.6 is 11.3 Å². The number of methoxy groups -OCH3 is 1. The molecule has 2 aromatic heterocycles. The standard InChI is InChI=1S/C22H19NO4S/c1-14(15-5-6-17-11-19(25-2)8-7-16(17)10-15)22(24)27-13-18-12-26-21(23-18)20-4-3-9-28-20/h3-12,14H,13H2,1-2H3/t14-/m0/s1. The molecule has 0 bridgehead atoms. The van der Waals surface area contributed by atoms with Crippen molar-refractivity contribution >= 4 is 28.1 Å². The first-order valence-corrected chi connectivity index (χ1v) is 9.74. The molecule has 5 nitrogen and oxygen atoms in total. The third kappa shape index (κ3) is 3.77. The topological polar surface area (TPSA) is 61.6 Å². The fourth-order valence-electron chi connectivity index (χ4n) is 2.93. The van der Waals surface area contributed by atoms with Crippen molar-refractivity contribution < 1.29 is 18.7 Å². The van der Waals surface area contributed by atoms with Gasteiger partial charge in [-0.3, -0.25) is 4.79 Å². The zero-order valence-corrected chi connectivity index (χ0v) is 16.4. The third-order valence-corrected chi connectivity index (χ3v) is 5.43. The van der Waals surface area contributed by atoms with E-state index in [1.807, 2.05) is 60.8 Å². The molecule has 0 amide bonds. The molecule has 28 heavy (non-hydrogen) atoms. The Hall–Kier alpha value is -3.12. The van der Waals surface area contributed by atoms with Crippen molar-refractivity contribution in [1.82, 2.24) is 4.98 Å². The third-order valence-electron chi connectivity index (χ3n) is 4.57. The number of fused-ring (bicyclic) bond motifs is 1. The van der Waals surface area contributed by atoms with E-state index in [-0.39, 0.29) is 18.5 Å². The van der Waals surface area contributed by atoms with Gasteiger partial charge in [0.05, 0.1) is 17.9 Å². The maximum absolute atomic E-state index is 12.5. The highest BCUT2D eigenvalue weighted by Crippen LogP contribution is 2.27. The van der Waals surface area contributed by atoms with Gasteiger partial charge in [-0.05, 0) is 46.8 Å². The summed E-state index contributed by atoms with van der Waals surface area (Å²) in [4.78, 5) is 17.8. The number of oxazole rings is 1. The van der Waals surface area contributed by atoms with Crippen LogP contribution in [0.15, 0.2) is 64.6 Å². The molecule has 0 unspecified atom stereocenters. The number of rotatable bonds is 6. The van der Waals surface area contributed by atoms with Crippen molar-refractivity contribution in [2.75, 3.05) is 7.11 Å². The second kappa shape index (κ2) is 7.86. The van der Waals surface area contributed by atoms with Gasteiger partial charge in [0.2, 0.25) is 5.89 Å². The van der Waals surface area contributed by atoms with Crippen LogP contribution in [0.2, 0.25) is 0 Å². The summed E-state index contributed by atoms with van der Waals surface area (Å²) in [6.45, 7) is 1.93. The Kier molecular flexibility index (Phi) is 5.12. The van der Waals surface area contributed by atoms with Crippen LogP contribution in [0.1, 0.15) is 24.1 Å². The first kappa shape index (κ1) is 18.3. The number of hydrogen-bond acceptors (Lipinski definition) is 6. The quantitative estimate of drug-likeness (QED) is 0.410. The molecule has 0 aliphatic heterocycles. The molecule has 4 rings (SSSR count). The maximum atomic E-state index is 12.5. The summed E-state index contributed by atoms with van der Waals surface area (Å²) < 4.78 is 16.1. The van der Waals surface area contributed by atoms with E-state index in [2.05, 4.69) is 4.98 Å². The highest BCUT2D eigenvalue weighted by molar-refractivity contribution is 7.13. The van der Waals surface area contributed by atoms with Crippen molar-refractivity contribution in [3.63, 3.8) is 0 Å². The Labute approximate surface area is 166 Å². The molecule has 0 spiro atoms. The minimum absolute atomic E-state index is 0.0861. The van der Waals surface area contributed by atoms with E-state index >= 15 is 0 Å². The van der Waals surface area contributed by atoms with Gasteiger partial charge in [-0.25, -0.2) is 4.98 Å². The zero-order valence-electron chi connectivity index (χ0n) is 15.5. The van der Waals surface area contributed by atoms with E-state index in [0.717, 1.165) is 27.0 Å². The van der Waals surface area contributed by atoms with Crippen LogP contribution in [-0.4, -0.2) is 18.1 Å². The maximum Gasteiger partial charge on any atom is 0.313 e. The lowest BCUT2D eigenvalue weighted by Crippen LogP contribution is -2.13. The van der Waals surface area contributed by atoms with Crippen molar-refractivity contribution in [1.29, 1.82) is 0 Å². The number of nitrogens with zero attached hydrogens (tertiary/aromatic N) is 1. The average Bonchev–Trinajstić information content (AvgIpc) is 3.42. The number of esters is 1. The van der Waals surface area contributed by atoms with E-state index in [0.29, 0.717) is 11.6 Å². The van der Waals surface area contributed by atoms with E-state index < -0.39 is 0 Å². The fourth-order valence-corrected chi connectivity index (χ4v) is 3.59. The highest BCUT2D eigenvalue weighted by atomic mass is 32.1. The van der Waals surface area contributed by atoms with Gasteiger partial charge in [0.1, 0.15) is 24.3 Å². The highest BCUT2D eigenvalue weighted by Gasteiger charge is 2.18. The van der Waals surface area contributed by atoms with Gasteiger partial charge >= 0.3 is 5.97 Å². The summed E-state index contributed by atoms with van der Waals surface area (Å²) >= 11 is 1.55. The predicted molar refractivity (Wildman–Crippen MR) is 109 cm³/mol. The van der Waals surface area contributed by atoms with Gasteiger partial charge in [0.15, 0.2) is 0 Å². The summed E-state index contributed by atoms with van der Waals surface area (Å²) in [5, 5.41) is 4.07. The molecule has 1 atom stereocenters. The first-order chi connectivity index (χ1) is 13.6. The predicted octanol–water partition coefficient (Wildman–Crippen LogP) is 5.41. The minimum Gasteiger partial charge on any atom is -0.497 e. The second-order valence-corrected chi connectivity index (χ2v) is 7.37. The molecule has 2 aromatic carbocycles. The van der Waals surface area contributed by atoms with Crippen molar-refractivity contribution in [3.05, 3.63) is 71.4 Å². The number of benzene rings is 2. The van der Waals surface area contributed by atoms with Crippen LogP contribution in [0.4, 0.5) is 0 Å². The summed E-state index contributed by atoms with van der Waals surface area (Å²) in [6, 6.07) is 15.7. The van der Waals surface area contributed by atoms with Gasteiger partial charge in [0.25, 0.3) is 0 Å². The number of aromatic nitrogens is 1. The Morgan fingerprint density at radius 3 is 2.79 bits per heavy atom. The van der Waals surface area contributed by atoms with E-state index in [1.54, 1.807) is 18.4 Å². The molecular formula is C22H19NO4S. The van der Waals surface area contributed by atoms with Crippen LogP contribution in [0.25, 0.3) is 21.5 Å². The van der Waals surface area contributed by atoms with E-state index in [9.17, 15) is 4.79 Å². The van der Waals surface area contributed by atoms with Crippen LogP contribution in [-0.2, 0) is 16.1 Å². The Morgan fingerprint density at radius 2 is 2.00 bits per heavy atom. The monoisotopic (exact) mass is 393 g/mol. The lowest BCUT2D eigenvalue weighted by Gasteiger charge is -2.12. The van der Waals surface area contributed by atoms with Crippen LogP contribution in [0.5, 0.6) is 5.75 Å². The smallest absolute Gasteiger partial charge is 0.313 e. The molecule has 4 aromatic rings. The van der Waals surface area contributed by atoms with Gasteiger partial charge < -0.3 is 13.9 Å². The number of carbonyl (C=O) groups excluding carboxylic acids is 1. The minimum atomic E-state index is -0.379. The number of ether oxygens (including phenoxy) is 2. The van der Waals surface area contributed by atoms with Gasteiger partial charge in [-0.15, -0.1) is 11.3 Å². The molecule has 0 saturated carbocycles.